The van der Waals surface area contributed by atoms with E-state index in [9.17, 15) is 0 Å². The average molecular weight is 769 g/mol. The van der Waals surface area contributed by atoms with E-state index in [-0.39, 0.29) is 5.41 Å². The fraction of sp³-hybridized carbons (Fsp3) is 0.0545. The van der Waals surface area contributed by atoms with Crippen molar-refractivity contribution in [1.82, 2.24) is 19.1 Å². The van der Waals surface area contributed by atoms with Crippen molar-refractivity contribution in [3.05, 3.63) is 193 Å². The molecule has 0 N–H and O–H groups in total. The molecule has 0 spiro atoms. The van der Waals surface area contributed by atoms with Crippen LogP contribution in [-0.4, -0.2) is 19.1 Å². The van der Waals surface area contributed by atoms with E-state index in [2.05, 4.69) is 186 Å². The third kappa shape index (κ3) is 4.63. The van der Waals surface area contributed by atoms with Gasteiger partial charge in [0.2, 0.25) is 0 Å². The molecule has 12 aromatic rings. The summed E-state index contributed by atoms with van der Waals surface area (Å²) in [6, 6.07) is 61.7. The number of rotatable bonds is 4. The predicted molar refractivity (Wildman–Crippen MR) is 246 cm³/mol. The second-order valence-electron chi connectivity index (χ2n) is 16.6. The number of furan rings is 1. The molecule has 0 atom stereocenters. The summed E-state index contributed by atoms with van der Waals surface area (Å²) in [5, 5.41) is 5.92. The van der Waals surface area contributed by atoms with Crippen molar-refractivity contribution in [1.29, 1.82) is 0 Å². The van der Waals surface area contributed by atoms with Crippen molar-refractivity contribution in [2.24, 2.45) is 0 Å². The Kier molecular flexibility index (Phi) is 6.72. The molecule has 5 heteroatoms. The highest BCUT2D eigenvalue weighted by Gasteiger charge is 2.36. The van der Waals surface area contributed by atoms with Gasteiger partial charge in [-0.15, -0.1) is 0 Å². The van der Waals surface area contributed by atoms with Crippen molar-refractivity contribution in [3.63, 3.8) is 0 Å². The van der Waals surface area contributed by atoms with Gasteiger partial charge in [-0.25, -0.2) is 0 Å². The first-order valence-electron chi connectivity index (χ1n) is 20.6. The number of pyridine rings is 2. The van der Waals surface area contributed by atoms with Gasteiger partial charge in [-0.3, -0.25) is 9.97 Å². The molecule has 13 rings (SSSR count). The smallest absolute Gasteiger partial charge is 0.153 e. The summed E-state index contributed by atoms with van der Waals surface area (Å²) in [6.07, 6.45) is 3.74. The van der Waals surface area contributed by atoms with Gasteiger partial charge < -0.3 is 13.6 Å². The molecule has 5 nitrogen and oxygen atoms in total. The summed E-state index contributed by atoms with van der Waals surface area (Å²) >= 11 is 0. The Morgan fingerprint density at radius 2 is 1.02 bits per heavy atom. The van der Waals surface area contributed by atoms with Crippen LogP contribution in [0.25, 0.3) is 111 Å². The predicted octanol–water partition coefficient (Wildman–Crippen LogP) is 14.2. The standard InChI is InChI=1S/C55H36N4O/c1-55(2)45-22-20-37(31-43(45)53-46(55)14-8-26-56-53)58-47-15-5-3-12-39(47)41-29-35(18-23-49(41)58)33-10-7-11-34(28-33)36-19-24-50-42(30-36)40-13-4-6-16-48(40)59(50)38-21-25-51-44(32-38)54-52(60-51)17-9-27-57-54/h3-32H,1-2H3. The van der Waals surface area contributed by atoms with Crippen molar-refractivity contribution >= 4 is 65.7 Å². The van der Waals surface area contributed by atoms with E-state index in [1.54, 1.807) is 0 Å². The van der Waals surface area contributed by atoms with Crippen LogP contribution in [0.5, 0.6) is 0 Å². The van der Waals surface area contributed by atoms with Gasteiger partial charge in [0.05, 0.1) is 27.8 Å². The van der Waals surface area contributed by atoms with E-state index in [1.165, 1.54) is 71.5 Å². The molecule has 0 unspecified atom stereocenters. The minimum absolute atomic E-state index is 0.0865. The summed E-state index contributed by atoms with van der Waals surface area (Å²) in [6.45, 7) is 4.61. The minimum atomic E-state index is -0.0865. The van der Waals surface area contributed by atoms with Crippen LogP contribution < -0.4 is 0 Å². The fourth-order valence-corrected chi connectivity index (χ4v) is 10.1. The highest BCUT2D eigenvalue weighted by atomic mass is 16.3. The van der Waals surface area contributed by atoms with E-state index in [1.807, 2.05) is 24.5 Å². The van der Waals surface area contributed by atoms with Crippen LogP contribution in [0, 0.1) is 0 Å². The van der Waals surface area contributed by atoms with Gasteiger partial charge in [0, 0.05) is 61.7 Å². The Morgan fingerprint density at radius 3 is 1.73 bits per heavy atom. The van der Waals surface area contributed by atoms with Crippen molar-refractivity contribution in [3.8, 4) is 44.9 Å². The molecule has 5 heterocycles. The SMILES string of the molecule is CC1(C)c2ccc(-n3c4ccccc4c4cc(-c5cccc(-c6ccc7c(c6)c6ccccc6n7-c6ccc7oc8cccnc8c7c6)c5)ccc43)cc2-c2ncccc21. The molecule has 0 radical (unpaired) electrons. The first-order valence-corrected chi connectivity index (χ1v) is 20.6. The normalized spacial score (nSPS) is 13.3. The van der Waals surface area contributed by atoms with Crippen LogP contribution in [0.4, 0.5) is 0 Å². The lowest BCUT2D eigenvalue weighted by Gasteiger charge is -2.21. The summed E-state index contributed by atoms with van der Waals surface area (Å²) in [5.41, 5.74) is 19.0. The van der Waals surface area contributed by atoms with Crippen molar-refractivity contribution < 1.29 is 4.42 Å². The van der Waals surface area contributed by atoms with Gasteiger partial charge in [-0.05, 0) is 124 Å². The number of fused-ring (bicyclic) bond motifs is 12. The third-order valence-corrected chi connectivity index (χ3v) is 13.0. The molecule has 0 amide bonds. The first kappa shape index (κ1) is 33.2. The summed E-state index contributed by atoms with van der Waals surface area (Å²) < 4.78 is 10.9. The number of hydrogen-bond donors (Lipinski definition) is 0. The quantitative estimate of drug-likeness (QED) is 0.179. The molecule has 1 aliphatic rings. The van der Waals surface area contributed by atoms with Crippen LogP contribution in [0.15, 0.2) is 187 Å². The summed E-state index contributed by atoms with van der Waals surface area (Å²) in [4.78, 5) is 9.51. The van der Waals surface area contributed by atoms with Gasteiger partial charge in [-0.1, -0.05) is 92.7 Å². The maximum atomic E-state index is 6.12. The number of para-hydroxylation sites is 2. The van der Waals surface area contributed by atoms with Crippen molar-refractivity contribution in [2.75, 3.05) is 0 Å². The van der Waals surface area contributed by atoms with Gasteiger partial charge in [0.15, 0.2) is 5.58 Å². The lowest BCUT2D eigenvalue weighted by molar-refractivity contribution is 0.659. The molecule has 0 aliphatic heterocycles. The maximum absolute atomic E-state index is 6.12. The van der Waals surface area contributed by atoms with E-state index in [0.29, 0.717) is 0 Å². The zero-order chi connectivity index (χ0) is 39.7. The highest BCUT2D eigenvalue weighted by Crippen LogP contribution is 2.49. The number of aromatic nitrogens is 4. The third-order valence-electron chi connectivity index (χ3n) is 13.0. The maximum Gasteiger partial charge on any atom is 0.153 e. The molecule has 0 saturated heterocycles. The van der Waals surface area contributed by atoms with E-state index >= 15 is 0 Å². The topological polar surface area (TPSA) is 48.8 Å². The Bertz CT molecular complexity index is 3770. The molecule has 1 aliphatic carbocycles. The fourth-order valence-electron chi connectivity index (χ4n) is 10.1. The Hall–Kier alpha value is -7.76. The molecule has 7 aromatic carbocycles. The number of nitrogens with zero attached hydrogens (tertiary/aromatic N) is 4. The molecule has 282 valence electrons. The molecule has 0 bridgehead atoms. The zero-order valence-electron chi connectivity index (χ0n) is 33.0. The Balaban J connectivity index is 0.913. The zero-order valence-corrected chi connectivity index (χ0v) is 33.0. The molecular weight excluding hydrogens is 733 g/mol. The van der Waals surface area contributed by atoms with Crippen LogP contribution in [-0.2, 0) is 5.41 Å². The van der Waals surface area contributed by atoms with Gasteiger partial charge in [0.25, 0.3) is 0 Å². The van der Waals surface area contributed by atoms with Gasteiger partial charge in [0.1, 0.15) is 11.1 Å². The second-order valence-corrected chi connectivity index (χ2v) is 16.6. The lowest BCUT2D eigenvalue weighted by Crippen LogP contribution is -2.15. The minimum Gasteiger partial charge on any atom is -0.454 e. The summed E-state index contributed by atoms with van der Waals surface area (Å²) in [5.74, 6) is 0. The Morgan fingerprint density at radius 1 is 0.417 bits per heavy atom. The van der Waals surface area contributed by atoms with Crippen molar-refractivity contribution in [2.45, 2.75) is 19.3 Å². The molecule has 5 aromatic heterocycles. The van der Waals surface area contributed by atoms with Gasteiger partial charge >= 0.3 is 0 Å². The van der Waals surface area contributed by atoms with E-state index in [0.717, 1.165) is 50.2 Å². The van der Waals surface area contributed by atoms with E-state index < -0.39 is 0 Å². The first-order chi connectivity index (χ1) is 29.5. The van der Waals surface area contributed by atoms with Crippen LogP contribution in [0.3, 0.4) is 0 Å². The molecular formula is C55H36N4O. The van der Waals surface area contributed by atoms with Crippen LogP contribution >= 0.6 is 0 Å². The molecule has 60 heavy (non-hydrogen) atoms. The highest BCUT2D eigenvalue weighted by molar-refractivity contribution is 6.12. The second kappa shape index (κ2) is 12.1. The number of benzene rings is 7. The molecule has 0 fully saturated rings. The monoisotopic (exact) mass is 768 g/mol. The van der Waals surface area contributed by atoms with Gasteiger partial charge in [-0.2, -0.15) is 0 Å². The van der Waals surface area contributed by atoms with Crippen LogP contribution in [0.2, 0.25) is 0 Å². The average Bonchev–Trinajstić information content (AvgIpc) is 4.01. The molecule has 0 saturated carbocycles. The summed E-state index contributed by atoms with van der Waals surface area (Å²) in [7, 11) is 0. The number of hydrogen-bond acceptors (Lipinski definition) is 3. The Labute approximate surface area is 345 Å². The van der Waals surface area contributed by atoms with E-state index in [4.69, 9.17) is 9.40 Å². The largest absolute Gasteiger partial charge is 0.454 e. The lowest BCUT2D eigenvalue weighted by atomic mass is 9.83. The van der Waals surface area contributed by atoms with Crippen LogP contribution in [0.1, 0.15) is 25.0 Å².